The molecule has 3 N–H and O–H groups in total. The number of carbonyl (C=O) groups excluding carboxylic acids is 1. The van der Waals surface area contributed by atoms with Gasteiger partial charge in [0.2, 0.25) is 0 Å². The van der Waals surface area contributed by atoms with Crippen molar-refractivity contribution in [2.45, 2.75) is 6.92 Å². The van der Waals surface area contributed by atoms with Crippen molar-refractivity contribution in [2.75, 3.05) is 12.3 Å². The van der Waals surface area contributed by atoms with Gasteiger partial charge in [-0.2, -0.15) is 5.10 Å². The largest absolute Gasteiger partial charge is 0.461 e. The van der Waals surface area contributed by atoms with Crippen molar-refractivity contribution in [3.8, 4) is 17.1 Å². The van der Waals surface area contributed by atoms with Crippen molar-refractivity contribution in [1.82, 2.24) is 19.7 Å². The highest BCUT2D eigenvalue weighted by Crippen LogP contribution is 2.32. The van der Waals surface area contributed by atoms with Crippen LogP contribution in [0.25, 0.3) is 28.1 Å². The second kappa shape index (κ2) is 6.77. The molecule has 0 atom stereocenters. The monoisotopic (exact) mass is 381 g/mol. The number of carbonyl (C=O) groups is 1. The van der Waals surface area contributed by atoms with Crippen LogP contribution in [0.2, 0.25) is 5.02 Å². The molecule has 0 spiro atoms. The first-order valence-electron chi connectivity index (χ1n) is 8.35. The van der Waals surface area contributed by atoms with Gasteiger partial charge in [0.25, 0.3) is 0 Å². The summed E-state index contributed by atoms with van der Waals surface area (Å²) in [5, 5.41) is 4.92. The lowest BCUT2D eigenvalue weighted by atomic mass is 10.2. The van der Waals surface area contributed by atoms with E-state index in [1.54, 1.807) is 31.2 Å². The summed E-state index contributed by atoms with van der Waals surface area (Å²) < 4.78 is 6.61. The number of fused-ring (bicyclic) bond motifs is 1. The van der Waals surface area contributed by atoms with Gasteiger partial charge in [0, 0.05) is 5.02 Å². The van der Waals surface area contributed by atoms with Crippen molar-refractivity contribution < 1.29 is 9.53 Å². The van der Waals surface area contributed by atoms with Crippen molar-refractivity contribution in [1.29, 1.82) is 0 Å². The molecule has 2 aromatic carbocycles. The second-order valence-electron chi connectivity index (χ2n) is 5.82. The summed E-state index contributed by atoms with van der Waals surface area (Å²) in [5.41, 5.74) is 9.07. The third-order valence-corrected chi connectivity index (χ3v) is 4.30. The Morgan fingerprint density at radius 1 is 1.26 bits per heavy atom. The molecule has 2 heterocycles. The van der Waals surface area contributed by atoms with Crippen LogP contribution in [0.1, 0.15) is 17.4 Å². The fourth-order valence-corrected chi connectivity index (χ4v) is 3.07. The number of nitrogen functional groups attached to an aromatic ring is 1. The zero-order chi connectivity index (χ0) is 19.0. The van der Waals surface area contributed by atoms with Gasteiger partial charge in [0.1, 0.15) is 11.6 Å². The molecule has 0 unspecified atom stereocenters. The van der Waals surface area contributed by atoms with Gasteiger partial charge in [0.05, 0.1) is 28.9 Å². The third kappa shape index (κ3) is 3.02. The molecule has 0 radical (unpaired) electrons. The number of anilines is 1. The van der Waals surface area contributed by atoms with Gasteiger partial charge in [-0.25, -0.2) is 14.5 Å². The molecular formula is C19H16ClN5O2. The van der Waals surface area contributed by atoms with Crippen LogP contribution in [0, 0.1) is 0 Å². The van der Waals surface area contributed by atoms with Crippen LogP contribution in [-0.2, 0) is 4.74 Å². The number of nitrogens with zero attached hydrogens (tertiary/aromatic N) is 3. The lowest BCUT2D eigenvalue weighted by Gasteiger charge is -2.04. The number of hydrogen-bond donors (Lipinski definition) is 2. The Balaban J connectivity index is 1.94. The smallest absolute Gasteiger partial charge is 0.359 e. The molecule has 0 aliphatic rings. The Kier molecular flexibility index (Phi) is 4.29. The molecule has 4 rings (SSSR count). The summed E-state index contributed by atoms with van der Waals surface area (Å²) in [6.45, 7) is 1.96. The Hall–Kier alpha value is -3.32. The van der Waals surface area contributed by atoms with E-state index in [9.17, 15) is 4.79 Å². The molecule has 0 bridgehead atoms. The number of nitrogens with two attached hydrogens (primary N) is 1. The zero-order valence-electron chi connectivity index (χ0n) is 14.4. The molecule has 0 aliphatic carbocycles. The molecule has 0 saturated carbocycles. The van der Waals surface area contributed by atoms with E-state index >= 15 is 0 Å². The molecule has 0 saturated heterocycles. The SMILES string of the molecule is CCOC(=O)c1nn(-c2cccc(Cl)c2)c(N)c1-c1nc2ccccc2[nH]1. The Morgan fingerprint density at radius 2 is 2.07 bits per heavy atom. The molecule has 0 fully saturated rings. The molecule has 8 heteroatoms. The number of esters is 1. The van der Waals surface area contributed by atoms with Crippen LogP contribution in [0.15, 0.2) is 48.5 Å². The van der Waals surface area contributed by atoms with Crippen molar-refractivity contribution in [2.24, 2.45) is 0 Å². The number of aromatic amines is 1. The highest BCUT2D eigenvalue weighted by molar-refractivity contribution is 6.30. The van der Waals surface area contributed by atoms with Crippen molar-refractivity contribution >= 4 is 34.4 Å². The van der Waals surface area contributed by atoms with Crippen LogP contribution >= 0.6 is 11.6 Å². The van der Waals surface area contributed by atoms with Gasteiger partial charge in [-0.1, -0.05) is 29.8 Å². The number of nitrogens with one attached hydrogen (secondary N) is 1. The summed E-state index contributed by atoms with van der Waals surface area (Å²) in [7, 11) is 0. The second-order valence-corrected chi connectivity index (χ2v) is 6.26. The third-order valence-electron chi connectivity index (χ3n) is 4.07. The van der Waals surface area contributed by atoms with E-state index in [0.717, 1.165) is 11.0 Å². The van der Waals surface area contributed by atoms with E-state index in [1.807, 2.05) is 24.3 Å². The average molecular weight is 382 g/mol. The van der Waals surface area contributed by atoms with Crippen LogP contribution in [-0.4, -0.2) is 32.3 Å². The number of halogens is 1. The first-order valence-corrected chi connectivity index (χ1v) is 8.73. The lowest BCUT2D eigenvalue weighted by molar-refractivity contribution is 0.0519. The van der Waals surface area contributed by atoms with E-state index in [0.29, 0.717) is 22.1 Å². The van der Waals surface area contributed by atoms with Gasteiger partial charge in [-0.3, -0.25) is 0 Å². The summed E-state index contributed by atoms with van der Waals surface area (Å²) in [4.78, 5) is 20.2. The van der Waals surface area contributed by atoms with Gasteiger partial charge >= 0.3 is 5.97 Å². The number of rotatable bonds is 4. The zero-order valence-corrected chi connectivity index (χ0v) is 15.2. The summed E-state index contributed by atoms with van der Waals surface area (Å²) in [5.74, 6) is 0.143. The Labute approximate surface area is 159 Å². The number of imidazole rings is 1. The van der Waals surface area contributed by atoms with Gasteiger partial charge in [0.15, 0.2) is 5.69 Å². The summed E-state index contributed by atoms with van der Waals surface area (Å²) in [6, 6.07) is 14.6. The number of para-hydroxylation sites is 2. The van der Waals surface area contributed by atoms with E-state index in [1.165, 1.54) is 4.68 Å². The molecule has 7 nitrogen and oxygen atoms in total. The minimum atomic E-state index is -0.569. The van der Waals surface area contributed by atoms with E-state index in [-0.39, 0.29) is 18.1 Å². The van der Waals surface area contributed by atoms with E-state index < -0.39 is 5.97 Å². The highest BCUT2D eigenvalue weighted by atomic mass is 35.5. The fourth-order valence-electron chi connectivity index (χ4n) is 2.88. The molecular weight excluding hydrogens is 366 g/mol. The van der Waals surface area contributed by atoms with Crippen molar-refractivity contribution in [3.63, 3.8) is 0 Å². The maximum atomic E-state index is 12.5. The fraction of sp³-hybridized carbons (Fsp3) is 0.105. The van der Waals surface area contributed by atoms with Crippen LogP contribution < -0.4 is 5.73 Å². The molecule has 27 heavy (non-hydrogen) atoms. The van der Waals surface area contributed by atoms with Crippen LogP contribution in [0.4, 0.5) is 5.82 Å². The van der Waals surface area contributed by atoms with Gasteiger partial charge in [-0.15, -0.1) is 0 Å². The maximum Gasteiger partial charge on any atom is 0.359 e. The molecule has 0 aliphatic heterocycles. The summed E-state index contributed by atoms with van der Waals surface area (Å²) in [6.07, 6.45) is 0. The lowest BCUT2D eigenvalue weighted by Crippen LogP contribution is -2.08. The first-order chi connectivity index (χ1) is 13.1. The normalized spacial score (nSPS) is 11.0. The number of benzene rings is 2. The molecule has 4 aromatic rings. The minimum absolute atomic E-state index is 0.0911. The highest BCUT2D eigenvalue weighted by Gasteiger charge is 2.26. The number of ether oxygens (including phenoxy) is 1. The maximum absolute atomic E-state index is 12.5. The van der Waals surface area contributed by atoms with Gasteiger partial charge < -0.3 is 15.5 Å². The van der Waals surface area contributed by atoms with Crippen molar-refractivity contribution in [3.05, 3.63) is 59.2 Å². The topological polar surface area (TPSA) is 98.8 Å². The standard InChI is InChI=1S/C19H16ClN5O2/c1-2-27-19(26)16-15(18-22-13-8-3-4-9-14(13)23-18)17(21)25(24-16)12-7-5-6-11(20)10-12/h3-10H,2,21H2,1H3,(H,22,23). The first kappa shape index (κ1) is 17.1. The predicted molar refractivity (Wildman–Crippen MR) is 104 cm³/mol. The number of hydrogen-bond acceptors (Lipinski definition) is 5. The van der Waals surface area contributed by atoms with Crippen LogP contribution in [0.3, 0.4) is 0 Å². The quantitative estimate of drug-likeness (QED) is 0.523. The minimum Gasteiger partial charge on any atom is -0.461 e. The van der Waals surface area contributed by atoms with Gasteiger partial charge in [-0.05, 0) is 37.3 Å². The molecule has 136 valence electrons. The van der Waals surface area contributed by atoms with Crippen LogP contribution in [0.5, 0.6) is 0 Å². The number of aromatic nitrogens is 4. The Bertz CT molecular complexity index is 1120. The Morgan fingerprint density at radius 3 is 2.81 bits per heavy atom. The van der Waals surface area contributed by atoms with E-state index in [2.05, 4.69) is 15.1 Å². The van der Waals surface area contributed by atoms with E-state index in [4.69, 9.17) is 22.1 Å². The average Bonchev–Trinajstić information content (AvgIpc) is 3.22. The molecule has 2 aromatic heterocycles. The summed E-state index contributed by atoms with van der Waals surface area (Å²) >= 11 is 6.08. The number of H-pyrrole nitrogens is 1. The predicted octanol–water partition coefficient (Wildman–Crippen LogP) is 3.83. The molecule has 0 amide bonds.